The highest BCUT2D eigenvalue weighted by Gasteiger charge is 2.10. The first-order chi connectivity index (χ1) is 8.88. The van der Waals surface area contributed by atoms with Gasteiger partial charge in [-0.15, -0.1) is 0 Å². The third-order valence-electron chi connectivity index (χ3n) is 2.13. The van der Waals surface area contributed by atoms with E-state index >= 15 is 0 Å². The SMILES string of the molecule is CC(=O)Nc1ccc(F)c(NC(=O)CCC(=O)O)c1. The molecule has 19 heavy (non-hydrogen) atoms. The molecule has 0 unspecified atom stereocenters. The number of carboxylic acids is 1. The number of rotatable bonds is 5. The number of hydrogen-bond acceptors (Lipinski definition) is 3. The van der Waals surface area contributed by atoms with Gasteiger partial charge < -0.3 is 15.7 Å². The quantitative estimate of drug-likeness (QED) is 0.755. The fourth-order valence-corrected chi connectivity index (χ4v) is 1.34. The van der Waals surface area contributed by atoms with E-state index in [1.807, 2.05) is 0 Å². The summed E-state index contributed by atoms with van der Waals surface area (Å²) in [6.45, 7) is 1.30. The lowest BCUT2D eigenvalue weighted by atomic mass is 10.2. The average Bonchev–Trinajstić information content (AvgIpc) is 2.30. The molecule has 102 valence electrons. The summed E-state index contributed by atoms with van der Waals surface area (Å²) in [6, 6.07) is 3.71. The summed E-state index contributed by atoms with van der Waals surface area (Å²) in [5.74, 6) is -2.71. The topological polar surface area (TPSA) is 95.5 Å². The van der Waals surface area contributed by atoms with Gasteiger partial charge in [-0.05, 0) is 18.2 Å². The van der Waals surface area contributed by atoms with Crippen molar-refractivity contribution in [2.24, 2.45) is 0 Å². The molecule has 7 heteroatoms. The Morgan fingerprint density at radius 1 is 1.21 bits per heavy atom. The van der Waals surface area contributed by atoms with Gasteiger partial charge in [0.05, 0.1) is 12.1 Å². The van der Waals surface area contributed by atoms with Crippen LogP contribution in [-0.2, 0) is 14.4 Å². The summed E-state index contributed by atoms with van der Waals surface area (Å²) < 4.78 is 13.4. The molecule has 3 N–H and O–H groups in total. The standard InChI is InChI=1S/C12H13FN2O4/c1-7(16)14-8-2-3-9(13)10(6-8)15-11(17)4-5-12(18)19/h2-3,6H,4-5H2,1H3,(H,14,16)(H,15,17)(H,18,19). The number of nitrogens with one attached hydrogen (secondary N) is 2. The normalized spacial score (nSPS) is 9.79. The number of hydrogen-bond donors (Lipinski definition) is 3. The summed E-state index contributed by atoms with van der Waals surface area (Å²) in [7, 11) is 0. The van der Waals surface area contributed by atoms with E-state index in [-0.39, 0.29) is 24.4 Å². The highest BCUT2D eigenvalue weighted by atomic mass is 19.1. The first-order valence-electron chi connectivity index (χ1n) is 5.47. The summed E-state index contributed by atoms with van der Waals surface area (Å²) in [6.07, 6.45) is -0.585. The van der Waals surface area contributed by atoms with Crippen molar-refractivity contribution in [3.63, 3.8) is 0 Å². The van der Waals surface area contributed by atoms with Gasteiger partial charge in [-0.2, -0.15) is 0 Å². The lowest BCUT2D eigenvalue weighted by Gasteiger charge is -2.08. The monoisotopic (exact) mass is 268 g/mol. The van der Waals surface area contributed by atoms with E-state index < -0.39 is 17.7 Å². The van der Waals surface area contributed by atoms with Gasteiger partial charge >= 0.3 is 5.97 Å². The van der Waals surface area contributed by atoms with Gasteiger partial charge in [0.15, 0.2) is 0 Å². The van der Waals surface area contributed by atoms with E-state index in [9.17, 15) is 18.8 Å². The summed E-state index contributed by atoms with van der Waals surface area (Å²) in [5.41, 5.74) is 0.226. The van der Waals surface area contributed by atoms with E-state index in [2.05, 4.69) is 10.6 Å². The summed E-state index contributed by atoms with van der Waals surface area (Å²) in [4.78, 5) is 32.5. The molecule has 0 aromatic heterocycles. The lowest BCUT2D eigenvalue weighted by Crippen LogP contribution is -2.14. The molecular weight excluding hydrogens is 255 g/mol. The zero-order valence-corrected chi connectivity index (χ0v) is 10.2. The van der Waals surface area contributed by atoms with Crippen molar-refractivity contribution >= 4 is 29.2 Å². The Labute approximate surface area is 108 Å². The van der Waals surface area contributed by atoms with Crippen LogP contribution in [-0.4, -0.2) is 22.9 Å². The fourth-order valence-electron chi connectivity index (χ4n) is 1.34. The lowest BCUT2D eigenvalue weighted by molar-refractivity contribution is -0.138. The van der Waals surface area contributed by atoms with Gasteiger partial charge in [0.2, 0.25) is 11.8 Å². The molecule has 6 nitrogen and oxygen atoms in total. The number of carbonyl (C=O) groups excluding carboxylic acids is 2. The number of amides is 2. The highest BCUT2D eigenvalue weighted by Crippen LogP contribution is 2.20. The summed E-state index contributed by atoms with van der Waals surface area (Å²) in [5, 5.41) is 13.1. The Kier molecular flexibility index (Phi) is 4.99. The predicted molar refractivity (Wildman–Crippen MR) is 66.2 cm³/mol. The zero-order chi connectivity index (χ0) is 14.4. The van der Waals surface area contributed by atoms with Crippen LogP contribution >= 0.6 is 0 Å². The maximum absolute atomic E-state index is 13.4. The van der Waals surface area contributed by atoms with Crippen LogP contribution in [0.25, 0.3) is 0 Å². The molecule has 1 rings (SSSR count). The van der Waals surface area contributed by atoms with E-state index in [4.69, 9.17) is 5.11 Å². The molecule has 0 spiro atoms. The molecule has 0 fully saturated rings. The molecule has 1 aromatic rings. The van der Waals surface area contributed by atoms with Crippen molar-refractivity contribution in [3.8, 4) is 0 Å². The van der Waals surface area contributed by atoms with E-state index in [1.165, 1.54) is 19.1 Å². The molecule has 1 aromatic carbocycles. The molecular formula is C12H13FN2O4. The smallest absolute Gasteiger partial charge is 0.303 e. The second kappa shape index (κ2) is 6.48. The van der Waals surface area contributed by atoms with Crippen molar-refractivity contribution in [2.45, 2.75) is 19.8 Å². The number of aliphatic carboxylic acids is 1. The second-order valence-electron chi connectivity index (χ2n) is 3.82. The van der Waals surface area contributed by atoms with Crippen molar-refractivity contribution in [2.75, 3.05) is 10.6 Å². The number of carboxylic acid groups (broad SMARTS) is 1. The van der Waals surface area contributed by atoms with Crippen molar-refractivity contribution in [1.29, 1.82) is 0 Å². The molecule has 0 heterocycles. The maximum atomic E-state index is 13.4. The maximum Gasteiger partial charge on any atom is 0.303 e. The van der Waals surface area contributed by atoms with Gasteiger partial charge in [-0.1, -0.05) is 0 Å². The number of benzene rings is 1. The minimum Gasteiger partial charge on any atom is -0.481 e. The molecule has 0 aliphatic heterocycles. The van der Waals surface area contributed by atoms with E-state index in [1.54, 1.807) is 0 Å². The van der Waals surface area contributed by atoms with Crippen LogP contribution in [0.4, 0.5) is 15.8 Å². The molecule has 2 amide bonds. The minimum atomic E-state index is -1.11. The van der Waals surface area contributed by atoms with E-state index in [0.717, 1.165) is 6.07 Å². The molecule has 0 radical (unpaired) electrons. The van der Waals surface area contributed by atoms with Crippen LogP contribution in [0, 0.1) is 5.82 Å². The molecule has 0 saturated carbocycles. The first-order valence-corrected chi connectivity index (χ1v) is 5.47. The number of carbonyl (C=O) groups is 3. The van der Waals surface area contributed by atoms with Gasteiger partial charge in [0, 0.05) is 19.0 Å². The summed E-state index contributed by atoms with van der Waals surface area (Å²) >= 11 is 0. The zero-order valence-electron chi connectivity index (χ0n) is 10.2. The Balaban J connectivity index is 2.73. The molecule has 0 saturated heterocycles. The van der Waals surface area contributed by atoms with Crippen LogP contribution in [0.3, 0.4) is 0 Å². The first kappa shape index (κ1) is 14.6. The van der Waals surface area contributed by atoms with Gasteiger partial charge in [0.25, 0.3) is 0 Å². The average molecular weight is 268 g/mol. The van der Waals surface area contributed by atoms with Crippen LogP contribution < -0.4 is 10.6 Å². The number of halogens is 1. The second-order valence-corrected chi connectivity index (χ2v) is 3.82. The highest BCUT2D eigenvalue weighted by molar-refractivity contribution is 5.94. The number of anilines is 2. The van der Waals surface area contributed by atoms with Crippen LogP contribution in [0.2, 0.25) is 0 Å². The Bertz CT molecular complexity index is 516. The Morgan fingerprint density at radius 2 is 1.89 bits per heavy atom. The predicted octanol–water partition coefficient (Wildman–Crippen LogP) is 1.59. The van der Waals surface area contributed by atoms with Crippen LogP contribution in [0.1, 0.15) is 19.8 Å². The van der Waals surface area contributed by atoms with Crippen molar-refractivity contribution in [1.82, 2.24) is 0 Å². The third-order valence-corrected chi connectivity index (χ3v) is 2.13. The Hall–Kier alpha value is -2.44. The van der Waals surface area contributed by atoms with Crippen LogP contribution in [0.15, 0.2) is 18.2 Å². The molecule has 0 aliphatic rings. The minimum absolute atomic E-state index is 0.110. The Morgan fingerprint density at radius 3 is 2.47 bits per heavy atom. The molecule has 0 aliphatic carbocycles. The van der Waals surface area contributed by atoms with Crippen molar-refractivity contribution in [3.05, 3.63) is 24.0 Å². The van der Waals surface area contributed by atoms with Gasteiger partial charge in [-0.25, -0.2) is 4.39 Å². The largest absolute Gasteiger partial charge is 0.481 e. The molecule has 0 atom stereocenters. The van der Waals surface area contributed by atoms with E-state index in [0.29, 0.717) is 5.69 Å². The van der Waals surface area contributed by atoms with Gasteiger partial charge in [-0.3, -0.25) is 14.4 Å². The third kappa shape index (κ3) is 5.15. The van der Waals surface area contributed by atoms with Crippen molar-refractivity contribution < 1.29 is 23.9 Å². The van der Waals surface area contributed by atoms with Gasteiger partial charge in [0.1, 0.15) is 5.82 Å². The molecule has 0 bridgehead atoms. The fraction of sp³-hybridized carbons (Fsp3) is 0.250. The van der Waals surface area contributed by atoms with Crippen LogP contribution in [0.5, 0.6) is 0 Å².